The van der Waals surface area contributed by atoms with Gasteiger partial charge in [0.05, 0.1) is 0 Å². The van der Waals surface area contributed by atoms with Crippen molar-refractivity contribution in [3.8, 4) is 0 Å². The fourth-order valence-electron chi connectivity index (χ4n) is 4.65. The van der Waals surface area contributed by atoms with Crippen LogP contribution in [0.5, 0.6) is 0 Å². The van der Waals surface area contributed by atoms with Crippen LogP contribution < -0.4 is 0 Å². The van der Waals surface area contributed by atoms with Crippen molar-refractivity contribution in [1.82, 2.24) is 0 Å². The number of rotatable bonds is 9. The van der Waals surface area contributed by atoms with E-state index < -0.39 is 8.17 Å². The summed E-state index contributed by atoms with van der Waals surface area (Å²) in [5, 5.41) is 0. The Bertz CT molecular complexity index is 358. The molecule has 1 aliphatic carbocycles. The normalized spacial score (nSPS) is 32.4. The third kappa shape index (κ3) is 6.88. The molecule has 144 valence electrons. The molecule has 0 aromatic carbocycles. The predicted octanol–water partition coefficient (Wildman–Crippen LogP) is 5.20. The van der Waals surface area contributed by atoms with Gasteiger partial charge in [0.15, 0.2) is 0 Å². The molecule has 4 nitrogen and oxygen atoms in total. The maximum absolute atomic E-state index is 9.23. The Morgan fingerprint density at radius 2 is 1.67 bits per heavy atom. The van der Waals surface area contributed by atoms with Crippen LogP contribution in [0.25, 0.3) is 0 Å². The maximum Gasteiger partial charge on any atom is 0.567 e. The average molecular weight is 363 g/mol. The first kappa shape index (κ1) is 22.3. The summed E-state index contributed by atoms with van der Waals surface area (Å²) in [6, 6.07) is 0. The van der Waals surface area contributed by atoms with Crippen molar-refractivity contribution in [2.45, 2.75) is 86.2 Å². The molecule has 0 aromatic rings. The van der Waals surface area contributed by atoms with Gasteiger partial charge in [-0.1, -0.05) is 60.8 Å². The molecule has 1 unspecified atom stereocenters. The van der Waals surface area contributed by atoms with Gasteiger partial charge in [0, 0.05) is 0 Å². The fourth-order valence-corrected chi connectivity index (χ4v) is 5.30. The summed E-state index contributed by atoms with van der Waals surface area (Å²) in [7, 11) is -4.14. The largest absolute Gasteiger partial charge is 0.567 e. The summed E-state index contributed by atoms with van der Waals surface area (Å²) in [6.07, 6.45) is 6.66. The molecule has 1 rings (SSSR count). The first-order valence-electron chi connectivity index (χ1n) is 9.84. The molecular weight excluding hydrogens is 323 g/mol. The second-order valence-electron chi connectivity index (χ2n) is 8.40. The lowest BCUT2D eigenvalue weighted by Gasteiger charge is -2.43. The van der Waals surface area contributed by atoms with Gasteiger partial charge in [-0.3, -0.25) is 0 Å². The van der Waals surface area contributed by atoms with Crippen LogP contribution in [0.4, 0.5) is 0 Å². The van der Waals surface area contributed by atoms with Crippen molar-refractivity contribution in [2.75, 3.05) is 0 Å². The van der Waals surface area contributed by atoms with Crippen LogP contribution in [-0.4, -0.2) is 20.8 Å². The van der Waals surface area contributed by atoms with E-state index >= 15 is 0 Å². The van der Waals surface area contributed by atoms with Crippen molar-refractivity contribution in [2.24, 2.45) is 35.5 Å². The van der Waals surface area contributed by atoms with E-state index in [0.29, 0.717) is 17.8 Å². The topological polar surface area (TPSA) is 69.9 Å². The van der Waals surface area contributed by atoms with Gasteiger partial charge in [0.1, 0.15) is 6.10 Å². The van der Waals surface area contributed by atoms with Crippen molar-refractivity contribution in [3.05, 3.63) is 0 Å². The lowest BCUT2D eigenvalue weighted by atomic mass is 9.64. The zero-order chi connectivity index (χ0) is 18.5. The Morgan fingerprint density at radius 1 is 1.04 bits per heavy atom. The van der Waals surface area contributed by atoms with Gasteiger partial charge in [0.2, 0.25) is 0 Å². The van der Waals surface area contributed by atoms with Crippen LogP contribution in [0.15, 0.2) is 0 Å². The van der Waals surface area contributed by atoms with E-state index in [4.69, 9.17) is 4.52 Å². The van der Waals surface area contributed by atoms with E-state index in [-0.39, 0.29) is 12.0 Å². The Hall–Kier alpha value is 0.270. The van der Waals surface area contributed by atoms with Gasteiger partial charge >= 0.3 is 8.17 Å². The molecule has 3 N–H and O–H groups in total. The third-order valence-electron chi connectivity index (χ3n) is 6.37. The van der Waals surface area contributed by atoms with Crippen LogP contribution in [0, 0.1) is 35.5 Å². The van der Waals surface area contributed by atoms with Crippen molar-refractivity contribution in [3.63, 3.8) is 0 Å². The molecule has 24 heavy (non-hydrogen) atoms. The van der Waals surface area contributed by atoms with Gasteiger partial charge in [-0.25, -0.2) is 0 Å². The van der Waals surface area contributed by atoms with Gasteiger partial charge in [-0.15, -0.1) is 4.52 Å². The summed E-state index contributed by atoms with van der Waals surface area (Å²) < 4.78 is 5.16. The third-order valence-corrected chi connectivity index (χ3v) is 6.92. The van der Waals surface area contributed by atoms with E-state index in [1.807, 2.05) is 0 Å². The first-order chi connectivity index (χ1) is 11.1. The summed E-state index contributed by atoms with van der Waals surface area (Å²) in [5.74, 6) is 3.58. The monoisotopic (exact) mass is 363 g/mol. The molecule has 0 saturated heterocycles. The molecule has 1 fully saturated rings. The molecular formula is C19H40O4P+. The molecule has 1 aliphatic rings. The minimum atomic E-state index is -4.14. The Labute approximate surface area is 149 Å². The highest BCUT2D eigenvalue weighted by atomic mass is 31.2. The van der Waals surface area contributed by atoms with E-state index in [0.717, 1.165) is 24.7 Å². The van der Waals surface area contributed by atoms with Gasteiger partial charge < -0.3 is 0 Å². The smallest absolute Gasteiger partial charge is 0.168 e. The molecule has 0 radical (unpaired) electrons. The quantitative estimate of drug-likeness (QED) is 0.493. The highest BCUT2D eigenvalue weighted by Gasteiger charge is 2.45. The Morgan fingerprint density at radius 3 is 2.17 bits per heavy atom. The highest BCUT2D eigenvalue weighted by Crippen LogP contribution is 2.52. The summed E-state index contributed by atoms with van der Waals surface area (Å²) >= 11 is 0. The molecule has 0 bridgehead atoms. The SMILES string of the molecule is CCC[C@@H](C[C@@H](C)CC)C(C)[C@H]1C[C@@H](C)[C@@H](O[P+](O)(O)O)C[C@H]1C. The first-order valence-corrected chi connectivity index (χ1v) is 11.4. The van der Waals surface area contributed by atoms with Crippen LogP contribution in [0.2, 0.25) is 0 Å². The lowest BCUT2D eigenvalue weighted by molar-refractivity contribution is -0.00978. The van der Waals surface area contributed by atoms with Gasteiger partial charge in [0.25, 0.3) is 0 Å². The van der Waals surface area contributed by atoms with Crippen LogP contribution in [0.1, 0.15) is 80.1 Å². The number of hydrogen-bond donors (Lipinski definition) is 3. The highest BCUT2D eigenvalue weighted by molar-refractivity contribution is 7.53. The molecule has 0 amide bonds. The maximum atomic E-state index is 9.23. The molecule has 0 spiro atoms. The minimum Gasteiger partial charge on any atom is -0.168 e. The lowest BCUT2D eigenvalue weighted by Crippen LogP contribution is -2.39. The molecule has 1 saturated carbocycles. The summed E-state index contributed by atoms with van der Waals surface area (Å²) in [5.41, 5.74) is 0. The molecule has 0 heterocycles. The zero-order valence-electron chi connectivity index (χ0n) is 16.5. The molecule has 0 aromatic heterocycles. The van der Waals surface area contributed by atoms with Gasteiger partial charge in [-0.2, -0.15) is 14.7 Å². The van der Waals surface area contributed by atoms with Crippen molar-refractivity contribution in [1.29, 1.82) is 0 Å². The standard InChI is InChI=1S/C19H40O4P/c1-7-9-17(10-13(3)8-2)16(6)18-11-15(5)19(12-14(18)4)23-24(20,21)22/h13-22H,7-12H2,1-6H3/q+1/t13-,14+,15+,16?,17-,18-,19-/m0/s1. The average Bonchev–Trinajstić information content (AvgIpc) is 2.47. The van der Waals surface area contributed by atoms with E-state index in [9.17, 15) is 14.7 Å². The van der Waals surface area contributed by atoms with Crippen LogP contribution >= 0.6 is 8.17 Å². The van der Waals surface area contributed by atoms with Crippen LogP contribution in [-0.2, 0) is 4.52 Å². The molecule has 0 aliphatic heterocycles. The second-order valence-corrected chi connectivity index (χ2v) is 9.64. The fraction of sp³-hybridized carbons (Fsp3) is 1.00. The van der Waals surface area contributed by atoms with E-state index in [1.54, 1.807) is 0 Å². The van der Waals surface area contributed by atoms with E-state index in [1.165, 1.54) is 25.7 Å². The van der Waals surface area contributed by atoms with Crippen LogP contribution in [0.3, 0.4) is 0 Å². The van der Waals surface area contributed by atoms with Crippen molar-refractivity contribution < 1.29 is 19.2 Å². The minimum absolute atomic E-state index is 0.241. The Balaban J connectivity index is 2.74. The summed E-state index contributed by atoms with van der Waals surface area (Å²) in [4.78, 5) is 27.7. The Kier molecular flexibility index (Phi) is 9.14. The summed E-state index contributed by atoms with van der Waals surface area (Å²) in [6.45, 7) is 13.7. The zero-order valence-corrected chi connectivity index (χ0v) is 17.4. The van der Waals surface area contributed by atoms with E-state index in [2.05, 4.69) is 41.5 Å². The predicted molar refractivity (Wildman–Crippen MR) is 101 cm³/mol. The molecule has 7 atom stereocenters. The number of hydrogen-bond acceptors (Lipinski definition) is 4. The molecule has 5 heteroatoms. The second kappa shape index (κ2) is 9.83. The van der Waals surface area contributed by atoms with Gasteiger partial charge in [-0.05, 0) is 54.8 Å². The van der Waals surface area contributed by atoms with Crippen molar-refractivity contribution >= 4 is 8.17 Å².